The molecule has 0 fully saturated rings. The molecule has 3 aromatic rings. The fourth-order valence-electron chi connectivity index (χ4n) is 3.69. The van der Waals surface area contributed by atoms with Crippen molar-refractivity contribution in [3.63, 3.8) is 0 Å². The molecule has 2 aromatic heterocycles. The predicted molar refractivity (Wildman–Crippen MR) is 131 cm³/mol. The summed E-state index contributed by atoms with van der Waals surface area (Å²) in [5.74, 6) is -0.739. The molecule has 9 nitrogen and oxygen atoms in total. The highest BCUT2D eigenvalue weighted by molar-refractivity contribution is 7.89. The van der Waals surface area contributed by atoms with Crippen molar-refractivity contribution in [2.45, 2.75) is 51.0 Å². The first-order valence-corrected chi connectivity index (χ1v) is 13.2. The van der Waals surface area contributed by atoms with Gasteiger partial charge in [0.2, 0.25) is 0 Å². The van der Waals surface area contributed by atoms with Gasteiger partial charge in [0.1, 0.15) is 5.01 Å². The lowest BCUT2D eigenvalue weighted by Gasteiger charge is -2.40. The van der Waals surface area contributed by atoms with Crippen molar-refractivity contribution >= 4 is 43.5 Å². The third kappa shape index (κ3) is 6.43. The van der Waals surface area contributed by atoms with Crippen LogP contribution in [-0.4, -0.2) is 52.9 Å². The van der Waals surface area contributed by atoms with Gasteiger partial charge in [0.15, 0.2) is 10.8 Å². The summed E-state index contributed by atoms with van der Waals surface area (Å²) < 4.78 is 66.9. The maximum atomic E-state index is 13.2. The molecule has 0 spiro atoms. The van der Waals surface area contributed by atoms with E-state index in [9.17, 15) is 36.3 Å². The SMILES string of the molecule is C[C@@H](C(=O)CNS(=O)(=O)c1ccccn1)N(C(=O)O)[C@H](c1nc2cc(C(F)(F)F)ccc2s1)C(C)(C)C. The highest BCUT2D eigenvalue weighted by Gasteiger charge is 2.42. The molecule has 1 amide bonds. The van der Waals surface area contributed by atoms with Gasteiger partial charge in [-0.2, -0.15) is 13.2 Å². The summed E-state index contributed by atoms with van der Waals surface area (Å²) in [5, 5.41) is 9.98. The number of sulfonamides is 1. The van der Waals surface area contributed by atoms with Gasteiger partial charge in [-0.3, -0.25) is 9.69 Å². The Morgan fingerprint density at radius 1 is 1.16 bits per heavy atom. The smallest absolute Gasteiger partial charge is 0.416 e. The standard InChI is InChI=1S/C23H25F3N4O5S2/c1-13(16(31)12-28-37(34,35)18-7-5-6-10-27-18)30(21(32)33)19(22(2,3)4)20-29-15-11-14(23(24,25)26)8-9-17(15)36-20/h5-11,13,19,28H,12H2,1-4H3,(H,32,33)/t13-,19+/m0/s1. The molecular weight excluding hydrogens is 533 g/mol. The van der Waals surface area contributed by atoms with Crippen molar-refractivity contribution in [3.8, 4) is 0 Å². The number of hydrogen-bond donors (Lipinski definition) is 2. The van der Waals surface area contributed by atoms with Crippen LogP contribution in [-0.2, 0) is 21.0 Å². The number of carboxylic acid groups (broad SMARTS) is 1. The molecule has 0 bridgehead atoms. The molecule has 3 rings (SSSR count). The maximum absolute atomic E-state index is 13.2. The van der Waals surface area contributed by atoms with Crippen LogP contribution >= 0.6 is 11.3 Å². The lowest BCUT2D eigenvalue weighted by molar-refractivity contribution is -0.137. The van der Waals surface area contributed by atoms with E-state index in [2.05, 4.69) is 14.7 Å². The number of pyridine rings is 1. The zero-order valence-corrected chi connectivity index (χ0v) is 21.9. The van der Waals surface area contributed by atoms with Crippen LogP contribution in [0.15, 0.2) is 47.6 Å². The van der Waals surface area contributed by atoms with Crippen molar-refractivity contribution in [3.05, 3.63) is 53.2 Å². The zero-order chi connectivity index (χ0) is 27.8. The number of Topliss-reactive ketones (excluding diaryl/α,β-unsaturated/α-hetero) is 1. The lowest BCUT2D eigenvalue weighted by Crippen LogP contribution is -2.50. The van der Waals surface area contributed by atoms with Gasteiger partial charge in [0, 0.05) is 6.20 Å². The lowest BCUT2D eigenvalue weighted by atomic mass is 9.85. The summed E-state index contributed by atoms with van der Waals surface area (Å²) in [7, 11) is -4.12. The van der Waals surface area contributed by atoms with E-state index in [1.165, 1.54) is 37.4 Å². The van der Waals surface area contributed by atoms with E-state index in [4.69, 9.17) is 0 Å². The Morgan fingerprint density at radius 2 is 1.84 bits per heavy atom. The molecule has 0 aliphatic heterocycles. The monoisotopic (exact) mass is 558 g/mol. The van der Waals surface area contributed by atoms with E-state index in [0.717, 1.165) is 28.4 Å². The van der Waals surface area contributed by atoms with Crippen LogP contribution in [0.1, 0.15) is 44.3 Å². The van der Waals surface area contributed by atoms with Crippen molar-refractivity contribution in [2.75, 3.05) is 6.54 Å². The fraction of sp³-hybridized carbons (Fsp3) is 0.391. The molecule has 200 valence electrons. The van der Waals surface area contributed by atoms with Gasteiger partial charge in [0.05, 0.1) is 34.4 Å². The van der Waals surface area contributed by atoms with E-state index in [0.29, 0.717) is 4.70 Å². The molecule has 2 N–H and O–H groups in total. The van der Waals surface area contributed by atoms with Crippen LogP contribution < -0.4 is 4.72 Å². The van der Waals surface area contributed by atoms with Crippen LogP contribution in [0.2, 0.25) is 0 Å². The molecule has 0 unspecified atom stereocenters. The molecule has 0 aliphatic rings. The molecule has 0 aliphatic carbocycles. The van der Waals surface area contributed by atoms with Gasteiger partial charge < -0.3 is 5.11 Å². The highest BCUT2D eigenvalue weighted by atomic mass is 32.2. The van der Waals surface area contributed by atoms with Gasteiger partial charge in [-0.25, -0.2) is 27.9 Å². The maximum Gasteiger partial charge on any atom is 0.416 e. The second-order valence-corrected chi connectivity index (χ2v) is 12.1. The summed E-state index contributed by atoms with van der Waals surface area (Å²) >= 11 is 1.03. The van der Waals surface area contributed by atoms with E-state index in [1.807, 2.05) is 0 Å². The highest BCUT2D eigenvalue weighted by Crippen LogP contribution is 2.43. The molecule has 0 saturated carbocycles. The molecule has 2 heterocycles. The van der Waals surface area contributed by atoms with Crippen LogP contribution in [0.5, 0.6) is 0 Å². The molecule has 2 atom stereocenters. The number of alkyl halides is 3. The van der Waals surface area contributed by atoms with Crippen LogP contribution in [0, 0.1) is 5.41 Å². The van der Waals surface area contributed by atoms with Crippen molar-refractivity contribution in [1.82, 2.24) is 19.6 Å². The average molecular weight is 559 g/mol. The van der Waals surface area contributed by atoms with Crippen LogP contribution in [0.4, 0.5) is 18.0 Å². The Morgan fingerprint density at radius 3 is 2.38 bits per heavy atom. The number of carbonyl (C=O) groups is 2. The van der Waals surface area contributed by atoms with Crippen molar-refractivity contribution in [1.29, 1.82) is 0 Å². The van der Waals surface area contributed by atoms with E-state index in [-0.39, 0.29) is 15.6 Å². The minimum Gasteiger partial charge on any atom is -0.465 e. The second-order valence-electron chi connectivity index (χ2n) is 9.33. The number of nitrogens with one attached hydrogen (secondary N) is 1. The molecule has 0 saturated heterocycles. The zero-order valence-electron chi connectivity index (χ0n) is 20.3. The first kappa shape index (κ1) is 28.5. The number of benzene rings is 1. The van der Waals surface area contributed by atoms with E-state index >= 15 is 0 Å². The van der Waals surface area contributed by atoms with Crippen molar-refractivity contribution in [2.24, 2.45) is 5.41 Å². The number of thiazole rings is 1. The number of nitrogens with zero attached hydrogens (tertiary/aromatic N) is 3. The number of aromatic nitrogens is 2. The Hall–Kier alpha value is -3.10. The van der Waals surface area contributed by atoms with Gasteiger partial charge >= 0.3 is 12.3 Å². The Bertz CT molecular complexity index is 1400. The van der Waals surface area contributed by atoms with Gasteiger partial charge in [-0.1, -0.05) is 26.8 Å². The second kappa shape index (κ2) is 10.3. The fourth-order valence-corrected chi connectivity index (χ4v) is 5.92. The normalized spacial score (nSPS) is 14.4. The predicted octanol–water partition coefficient (Wildman–Crippen LogP) is 4.71. The third-order valence-electron chi connectivity index (χ3n) is 5.52. The number of rotatable bonds is 8. The number of carbonyl (C=O) groups excluding carboxylic acids is 1. The van der Waals surface area contributed by atoms with Crippen LogP contribution in [0.25, 0.3) is 10.2 Å². The minimum absolute atomic E-state index is 0.0523. The largest absolute Gasteiger partial charge is 0.465 e. The van der Waals surface area contributed by atoms with E-state index < -0.39 is 57.7 Å². The topological polar surface area (TPSA) is 130 Å². The van der Waals surface area contributed by atoms with Gasteiger partial charge in [-0.15, -0.1) is 11.3 Å². The van der Waals surface area contributed by atoms with Gasteiger partial charge in [0.25, 0.3) is 10.0 Å². The number of ketones is 1. The number of amides is 1. The molecular formula is C23H25F3N4O5S2. The Balaban J connectivity index is 1.93. The third-order valence-corrected chi connectivity index (χ3v) is 7.92. The molecule has 37 heavy (non-hydrogen) atoms. The quantitative estimate of drug-likeness (QED) is 0.409. The number of fused-ring (bicyclic) bond motifs is 1. The molecule has 14 heteroatoms. The van der Waals surface area contributed by atoms with Crippen LogP contribution in [0.3, 0.4) is 0 Å². The van der Waals surface area contributed by atoms with Crippen molar-refractivity contribution < 1.29 is 36.3 Å². The number of hydrogen-bond acceptors (Lipinski definition) is 7. The van der Waals surface area contributed by atoms with E-state index in [1.54, 1.807) is 20.8 Å². The minimum atomic E-state index is -4.57. The van der Waals surface area contributed by atoms with Gasteiger partial charge in [-0.05, 0) is 42.7 Å². The molecule has 1 aromatic carbocycles. The summed E-state index contributed by atoms with van der Waals surface area (Å²) in [6.45, 7) is 5.75. The summed E-state index contributed by atoms with van der Waals surface area (Å²) in [5.41, 5.74) is -1.67. The summed E-state index contributed by atoms with van der Waals surface area (Å²) in [4.78, 5) is 34.2. The number of halogens is 3. The first-order valence-electron chi connectivity index (χ1n) is 10.9. The summed E-state index contributed by atoms with van der Waals surface area (Å²) in [6.07, 6.45) is -4.77. The summed E-state index contributed by atoms with van der Waals surface area (Å²) in [6, 6.07) is 4.97. The molecule has 0 radical (unpaired) electrons. The average Bonchev–Trinajstić information content (AvgIpc) is 3.22. The Kier molecular flexibility index (Phi) is 7.96. The first-order chi connectivity index (χ1) is 17.0. The Labute approximate surface area is 215 Å².